The van der Waals surface area contributed by atoms with E-state index in [1.807, 2.05) is 18.2 Å². The highest BCUT2D eigenvalue weighted by atomic mass is 35.5. The molecule has 9 heteroatoms. The Bertz CT molecular complexity index is 1510. The highest BCUT2D eigenvalue weighted by Crippen LogP contribution is 2.42. The molecule has 178 valence electrons. The molecule has 0 radical (unpaired) electrons. The Labute approximate surface area is 221 Å². The van der Waals surface area contributed by atoms with Crippen molar-refractivity contribution < 1.29 is 4.74 Å². The smallest absolute Gasteiger partial charge is 0.198 e. The summed E-state index contributed by atoms with van der Waals surface area (Å²) in [6, 6.07) is 18.4. The number of thioether (sulfide) groups is 2. The first-order chi connectivity index (χ1) is 17.0. The Balaban J connectivity index is 1.44. The first kappa shape index (κ1) is 23.3. The average molecular weight is 539 g/mol. The summed E-state index contributed by atoms with van der Waals surface area (Å²) in [5.74, 6) is 1.61. The van der Waals surface area contributed by atoms with Crippen LogP contribution in [-0.2, 0) is 29.3 Å². The lowest BCUT2D eigenvalue weighted by molar-refractivity contribution is -0.0379. The number of ether oxygens (including phenoxy) is 1. The third-order valence-corrected chi connectivity index (χ3v) is 9.37. The van der Waals surface area contributed by atoms with Gasteiger partial charge in [-0.15, -0.1) is 21.5 Å². The van der Waals surface area contributed by atoms with Crippen molar-refractivity contribution in [3.63, 3.8) is 0 Å². The van der Waals surface area contributed by atoms with E-state index in [9.17, 15) is 0 Å². The molecule has 1 aliphatic rings. The van der Waals surface area contributed by atoms with Crippen LogP contribution in [0.15, 0.2) is 64.9 Å². The molecule has 35 heavy (non-hydrogen) atoms. The van der Waals surface area contributed by atoms with Gasteiger partial charge in [-0.1, -0.05) is 77.6 Å². The predicted molar refractivity (Wildman–Crippen MR) is 146 cm³/mol. The van der Waals surface area contributed by atoms with Gasteiger partial charge in [0.1, 0.15) is 4.83 Å². The largest absolute Gasteiger partial charge is 0.370 e. The second kappa shape index (κ2) is 9.41. The molecule has 0 atom stereocenters. The zero-order chi connectivity index (χ0) is 24.0. The van der Waals surface area contributed by atoms with Gasteiger partial charge in [-0.3, -0.25) is 0 Å². The Hall–Kier alpha value is -2.10. The predicted octanol–water partition coefficient (Wildman–Crippen LogP) is 7.43. The average Bonchev–Trinajstić information content (AvgIpc) is 3.43. The third kappa shape index (κ3) is 4.70. The Morgan fingerprint density at radius 3 is 2.46 bits per heavy atom. The van der Waals surface area contributed by atoms with Crippen LogP contribution in [0.1, 0.15) is 35.4 Å². The molecule has 0 saturated heterocycles. The second-order valence-corrected chi connectivity index (χ2v) is 12.5. The van der Waals surface area contributed by atoms with E-state index in [1.165, 1.54) is 21.6 Å². The number of nitrogens with zero attached hydrogens (tertiary/aromatic N) is 4. The van der Waals surface area contributed by atoms with E-state index >= 15 is 0 Å². The van der Waals surface area contributed by atoms with Crippen LogP contribution in [0.4, 0.5) is 0 Å². The van der Waals surface area contributed by atoms with Crippen molar-refractivity contribution in [1.29, 1.82) is 0 Å². The van der Waals surface area contributed by atoms with Crippen molar-refractivity contribution in [2.45, 2.75) is 54.3 Å². The fourth-order valence-corrected chi connectivity index (χ4v) is 7.40. The van der Waals surface area contributed by atoms with E-state index < -0.39 is 0 Å². The van der Waals surface area contributed by atoms with Crippen LogP contribution >= 0.6 is 46.5 Å². The van der Waals surface area contributed by atoms with Gasteiger partial charge < -0.3 is 4.74 Å². The molecule has 6 rings (SSSR count). The topological polar surface area (TPSA) is 52.3 Å². The van der Waals surface area contributed by atoms with Crippen molar-refractivity contribution in [1.82, 2.24) is 19.6 Å². The number of rotatable bonds is 6. The van der Waals surface area contributed by atoms with Crippen LogP contribution in [0.5, 0.6) is 0 Å². The molecule has 1 aliphatic heterocycles. The first-order valence-corrected chi connectivity index (χ1v) is 14.5. The van der Waals surface area contributed by atoms with Gasteiger partial charge in [-0.2, -0.15) is 0 Å². The van der Waals surface area contributed by atoms with Crippen molar-refractivity contribution in [3.05, 3.63) is 81.2 Å². The standard InChI is InChI=1S/C26H23ClN4OS3/c1-26(2)12-19-20(13-32-26)35-23-21(19)22-29-30-25(34-15-17-8-10-18(27)11-9-17)31(22)24(28-23)33-14-16-6-4-3-5-7-16/h3-11H,12-15H2,1-2H3. The maximum Gasteiger partial charge on any atom is 0.198 e. The molecule has 0 amide bonds. The van der Waals surface area contributed by atoms with Crippen molar-refractivity contribution in [2.75, 3.05) is 0 Å². The van der Waals surface area contributed by atoms with E-state index in [0.717, 1.165) is 49.1 Å². The molecule has 5 nitrogen and oxygen atoms in total. The minimum Gasteiger partial charge on any atom is -0.370 e. The van der Waals surface area contributed by atoms with Gasteiger partial charge in [0.25, 0.3) is 0 Å². The number of hydrogen-bond acceptors (Lipinski definition) is 7. The van der Waals surface area contributed by atoms with Gasteiger partial charge >= 0.3 is 0 Å². The van der Waals surface area contributed by atoms with E-state index in [2.05, 4.69) is 59.7 Å². The second-order valence-electron chi connectivity index (χ2n) is 9.13. The van der Waals surface area contributed by atoms with Crippen LogP contribution in [0.25, 0.3) is 15.9 Å². The molecule has 4 heterocycles. The highest BCUT2D eigenvalue weighted by Gasteiger charge is 2.31. The van der Waals surface area contributed by atoms with E-state index in [-0.39, 0.29) is 5.60 Å². The molecule has 0 fully saturated rings. The van der Waals surface area contributed by atoms with Gasteiger partial charge in [0.05, 0.1) is 17.6 Å². The lowest BCUT2D eigenvalue weighted by Gasteiger charge is -2.30. The molecule has 0 bridgehead atoms. The summed E-state index contributed by atoms with van der Waals surface area (Å²) in [6.07, 6.45) is 0.844. The Morgan fingerprint density at radius 2 is 1.69 bits per heavy atom. The summed E-state index contributed by atoms with van der Waals surface area (Å²) in [5, 5.41) is 13.0. The zero-order valence-electron chi connectivity index (χ0n) is 19.3. The molecule has 0 unspecified atom stereocenters. The van der Waals surface area contributed by atoms with Crippen LogP contribution < -0.4 is 0 Å². The lowest BCUT2D eigenvalue weighted by Crippen LogP contribution is -2.31. The molecule has 0 aliphatic carbocycles. The Kier molecular flexibility index (Phi) is 6.26. The molecule has 3 aromatic heterocycles. The van der Waals surface area contributed by atoms with Crippen LogP contribution in [0.3, 0.4) is 0 Å². The van der Waals surface area contributed by atoms with Gasteiger partial charge in [0, 0.05) is 27.8 Å². The molecule has 0 spiro atoms. The number of fused-ring (bicyclic) bond motifs is 5. The third-order valence-electron chi connectivity index (χ3n) is 6.01. The summed E-state index contributed by atoms with van der Waals surface area (Å²) in [7, 11) is 0. The summed E-state index contributed by atoms with van der Waals surface area (Å²) in [4.78, 5) is 7.41. The summed E-state index contributed by atoms with van der Waals surface area (Å²) < 4.78 is 8.24. The van der Waals surface area contributed by atoms with Crippen LogP contribution in [0, 0.1) is 0 Å². The highest BCUT2D eigenvalue weighted by molar-refractivity contribution is 7.99. The van der Waals surface area contributed by atoms with Crippen molar-refractivity contribution >= 4 is 62.3 Å². The van der Waals surface area contributed by atoms with E-state index in [1.54, 1.807) is 34.9 Å². The van der Waals surface area contributed by atoms with E-state index in [0.29, 0.717) is 6.61 Å². The van der Waals surface area contributed by atoms with Crippen molar-refractivity contribution in [2.24, 2.45) is 0 Å². The maximum atomic E-state index is 6.09. The molecule has 0 N–H and O–H groups in total. The minimum absolute atomic E-state index is 0.203. The molecular weight excluding hydrogens is 516 g/mol. The SMILES string of the molecule is CC1(C)Cc2c(sc3nc(SCc4ccccc4)n4c(SCc5ccc(Cl)cc5)nnc4c23)CO1. The summed E-state index contributed by atoms with van der Waals surface area (Å²) in [5.41, 5.74) is 4.44. The van der Waals surface area contributed by atoms with Crippen molar-refractivity contribution in [3.8, 4) is 0 Å². The molecule has 5 aromatic rings. The monoisotopic (exact) mass is 538 g/mol. The summed E-state index contributed by atoms with van der Waals surface area (Å²) in [6.45, 7) is 4.91. The molecular formula is C26H23ClN4OS3. The number of halogens is 1. The normalized spacial score (nSPS) is 15.1. The number of hydrogen-bond donors (Lipinski definition) is 0. The Morgan fingerprint density at radius 1 is 0.971 bits per heavy atom. The van der Waals surface area contributed by atoms with Gasteiger partial charge in [-0.25, -0.2) is 9.38 Å². The summed E-state index contributed by atoms with van der Waals surface area (Å²) >= 11 is 11.2. The first-order valence-electron chi connectivity index (χ1n) is 11.3. The van der Waals surface area contributed by atoms with Gasteiger partial charge in [0.15, 0.2) is 16.0 Å². The fraction of sp³-hybridized carbons (Fsp3) is 0.269. The van der Waals surface area contributed by atoms with Crippen LogP contribution in [-0.4, -0.2) is 25.2 Å². The number of thiophene rings is 1. The van der Waals surface area contributed by atoms with Gasteiger partial charge in [0.2, 0.25) is 0 Å². The van der Waals surface area contributed by atoms with E-state index in [4.69, 9.17) is 26.4 Å². The molecule has 2 aromatic carbocycles. The lowest BCUT2D eigenvalue weighted by atomic mass is 9.94. The quantitative estimate of drug-likeness (QED) is 0.165. The molecule has 0 saturated carbocycles. The number of benzene rings is 2. The van der Waals surface area contributed by atoms with Crippen LogP contribution in [0.2, 0.25) is 5.02 Å². The minimum atomic E-state index is -0.203. The van der Waals surface area contributed by atoms with Gasteiger partial charge in [-0.05, 0) is 42.7 Å². The zero-order valence-corrected chi connectivity index (χ0v) is 22.5. The fourth-order valence-electron chi connectivity index (χ4n) is 4.23. The maximum absolute atomic E-state index is 6.09. The number of aromatic nitrogens is 4.